The van der Waals surface area contributed by atoms with Crippen LogP contribution >= 0.6 is 11.3 Å². The second-order valence-electron chi connectivity index (χ2n) is 10.1. The fourth-order valence-electron chi connectivity index (χ4n) is 4.39. The number of carbonyl (C=O) groups excluding carboxylic acids is 3. The van der Waals surface area contributed by atoms with E-state index in [0.717, 1.165) is 16.9 Å². The third-order valence-electron chi connectivity index (χ3n) is 6.81. The third kappa shape index (κ3) is 6.91. The maximum absolute atomic E-state index is 13.0. The van der Waals surface area contributed by atoms with Crippen LogP contribution in [-0.4, -0.2) is 31.1 Å². The highest BCUT2D eigenvalue weighted by Crippen LogP contribution is 2.35. The zero-order chi connectivity index (χ0) is 30.3. The van der Waals surface area contributed by atoms with E-state index >= 15 is 0 Å². The monoisotopic (exact) mass is 589 g/mol. The number of thiophene rings is 1. The van der Waals surface area contributed by atoms with Gasteiger partial charge in [-0.3, -0.25) is 4.79 Å². The van der Waals surface area contributed by atoms with Gasteiger partial charge in [0.05, 0.1) is 18.8 Å². The minimum absolute atomic E-state index is 0.0326. The molecule has 0 saturated carbocycles. The molecule has 1 N–H and O–H groups in total. The summed E-state index contributed by atoms with van der Waals surface area (Å²) >= 11 is 0.961. The molecule has 2 aromatic heterocycles. The molecule has 2 heterocycles. The van der Waals surface area contributed by atoms with E-state index in [2.05, 4.69) is 31.3 Å². The summed E-state index contributed by atoms with van der Waals surface area (Å²) in [5.74, 6) is -0.616. The van der Waals surface area contributed by atoms with Crippen molar-refractivity contribution in [1.82, 2.24) is 0 Å². The van der Waals surface area contributed by atoms with E-state index in [4.69, 9.17) is 18.6 Å². The summed E-state index contributed by atoms with van der Waals surface area (Å²) in [7, 11) is 0. The van der Waals surface area contributed by atoms with Gasteiger partial charge in [-0.1, -0.05) is 63.2 Å². The van der Waals surface area contributed by atoms with E-state index in [1.165, 1.54) is 11.6 Å². The van der Waals surface area contributed by atoms with Gasteiger partial charge in [0.15, 0.2) is 5.76 Å². The molecule has 2 aromatic carbocycles. The van der Waals surface area contributed by atoms with Crippen molar-refractivity contribution in [3.05, 3.63) is 105 Å². The molecule has 0 spiro atoms. The number of carbonyl (C=O) groups is 3. The quantitative estimate of drug-likeness (QED) is 0.170. The molecule has 0 radical (unpaired) electrons. The molecule has 42 heavy (non-hydrogen) atoms. The van der Waals surface area contributed by atoms with E-state index in [9.17, 15) is 14.4 Å². The fraction of sp³-hybridized carbons (Fsp3) is 0.303. The highest BCUT2D eigenvalue weighted by Gasteiger charge is 2.28. The topological polar surface area (TPSA) is 104 Å². The predicted octanol–water partition coefficient (Wildman–Crippen LogP) is 7.55. The average molecular weight is 590 g/mol. The normalized spacial score (nSPS) is 11.2. The first-order valence-corrected chi connectivity index (χ1v) is 14.6. The minimum atomic E-state index is -0.622. The van der Waals surface area contributed by atoms with Gasteiger partial charge in [-0.2, -0.15) is 0 Å². The number of ether oxygens (including phenoxy) is 3. The average Bonchev–Trinajstić information content (AvgIpc) is 3.60. The lowest BCUT2D eigenvalue weighted by molar-refractivity contribution is 0.0506. The van der Waals surface area contributed by atoms with E-state index in [-0.39, 0.29) is 46.4 Å². The Bertz CT molecular complexity index is 1530. The standard InChI is InChI=1S/C33H35NO7S/c1-6-19-39-31(36)27-21(3)28(32(37)38-7-2)42-30(27)34-29(35)26-18-17-25(41-26)20-40-24-15-13-23(14-16-24)33(4,5)22-11-9-8-10-12-22/h8-18H,6-7,19-20H2,1-5H3,(H,34,35). The van der Waals surface area contributed by atoms with Gasteiger partial charge in [-0.25, -0.2) is 9.59 Å². The number of amides is 1. The number of nitrogens with one attached hydrogen (secondary N) is 1. The summed E-state index contributed by atoms with van der Waals surface area (Å²) in [5.41, 5.74) is 2.74. The van der Waals surface area contributed by atoms with Gasteiger partial charge >= 0.3 is 11.9 Å². The zero-order valence-corrected chi connectivity index (χ0v) is 25.3. The first-order valence-electron chi connectivity index (χ1n) is 13.8. The molecular formula is C33H35NO7S. The minimum Gasteiger partial charge on any atom is -0.486 e. The van der Waals surface area contributed by atoms with E-state index in [1.54, 1.807) is 19.9 Å². The molecule has 4 rings (SSSR count). The lowest BCUT2D eigenvalue weighted by Gasteiger charge is -2.26. The van der Waals surface area contributed by atoms with Crippen molar-refractivity contribution >= 4 is 34.2 Å². The first-order chi connectivity index (χ1) is 20.1. The van der Waals surface area contributed by atoms with Crippen LogP contribution in [0.4, 0.5) is 5.00 Å². The lowest BCUT2D eigenvalue weighted by Crippen LogP contribution is -2.18. The molecular weight excluding hydrogens is 554 g/mol. The van der Waals surface area contributed by atoms with Crippen molar-refractivity contribution in [3.63, 3.8) is 0 Å². The molecule has 0 aliphatic heterocycles. The zero-order valence-electron chi connectivity index (χ0n) is 24.4. The van der Waals surface area contributed by atoms with Crippen molar-refractivity contribution in [1.29, 1.82) is 0 Å². The van der Waals surface area contributed by atoms with Crippen LogP contribution in [0.2, 0.25) is 0 Å². The maximum Gasteiger partial charge on any atom is 0.348 e. The Balaban J connectivity index is 1.43. The lowest BCUT2D eigenvalue weighted by atomic mass is 9.78. The Kier molecular flexibility index (Phi) is 9.85. The van der Waals surface area contributed by atoms with Crippen LogP contribution in [0.5, 0.6) is 5.75 Å². The largest absolute Gasteiger partial charge is 0.486 e. The van der Waals surface area contributed by atoms with Gasteiger partial charge < -0.3 is 23.9 Å². The molecule has 1 amide bonds. The highest BCUT2D eigenvalue weighted by atomic mass is 32.1. The SMILES string of the molecule is CCCOC(=O)c1c(NC(=O)c2ccc(COc3ccc(C(C)(C)c4ccccc4)cc3)o2)sc(C(=O)OCC)c1C. The molecule has 220 valence electrons. The number of anilines is 1. The molecule has 0 unspecified atom stereocenters. The van der Waals surface area contributed by atoms with Gasteiger partial charge in [-0.15, -0.1) is 11.3 Å². The highest BCUT2D eigenvalue weighted by molar-refractivity contribution is 7.18. The molecule has 0 bridgehead atoms. The molecule has 0 aliphatic rings. The van der Waals surface area contributed by atoms with Crippen molar-refractivity contribution in [2.45, 2.75) is 53.1 Å². The number of furan rings is 1. The van der Waals surface area contributed by atoms with Gasteiger partial charge in [0, 0.05) is 5.41 Å². The van der Waals surface area contributed by atoms with Crippen LogP contribution in [0.25, 0.3) is 0 Å². The summed E-state index contributed by atoms with van der Waals surface area (Å²) in [4.78, 5) is 38.5. The Labute approximate surface area is 249 Å². The Hall–Kier alpha value is -4.37. The summed E-state index contributed by atoms with van der Waals surface area (Å²) in [5, 5.41) is 2.89. The third-order valence-corrected chi connectivity index (χ3v) is 8.00. The van der Waals surface area contributed by atoms with Crippen LogP contribution in [0, 0.1) is 6.92 Å². The molecule has 8 nitrogen and oxygen atoms in total. The van der Waals surface area contributed by atoms with E-state index in [0.29, 0.717) is 23.5 Å². The van der Waals surface area contributed by atoms with Crippen molar-refractivity contribution in [2.24, 2.45) is 0 Å². The molecule has 0 aliphatic carbocycles. The van der Waals surface area contributed by atoms with Gasteiger partial charge in [0.1, 0.15) is 28.0 Å². The van der Waals surface area contributed by atoms with Crippen LogP contribution in [0.15, 0.2) is 71.1 Å². The summed E-state index contributed by atoms with van der Waals surface area (Å²) in [6.45, 7) is 10.1. The van der Waals surface area contributed by atoms with Gasteiger partial charge in [0.25, 0.3) is 5.91 Å². The van der Waals surface area contributed by atoms with Gasteiger partial charge in [0.2, 0.25) is 0 Å². The van der Waals surface area contributed by atoms with Crippen LogP contribution in [0.1, 0.15) is 87.2 Å². The van der Waals surface area contributed by atoms with E-state index < -0.39 is 17.8 Å². The number of esters is 2. The smallest absolute Gasteiger partial charge is 0.348 e. The molecule has 4 aromatic rings. The number of hydrogen-bond acceptors (Lipinski definition) is 8. The molecule has 0 atom stereocenters. The summed E-state index contributed by atoms with van der Waals surface area (Å²) in [6.07, 6.45) is 0.633. The number of rotatable bonds is 12. The second-order valence-corrected chi connectivity index (χ2v) is 11.2. The summed E-state index contributed by atoms with van der Waals surface area (Å²) in [6, 6.07) is 21.4. The Morgan fingerprint density at radius 1 is 0.881 bits per heavy atom. The molecule has 9 heteroatoms. The number of benzene rings is 2. The molecule has 0 saturated heterocycles. The Morgan fingerprint density at radius 2 is 1.57 bits per heavy atom. The molecule has 0 fully saturated rings. The second kappa shape index (κ2) is 13.5. The Morgan fingerprint density at radius 3 is 2.24 bits per heavy atom. The maximum atomic E-state index is 13.0. The summed E-state index contributed by atoms with van der Waals surface area (Å²) < 4.78 is 22.0. The van der Waals surface area contributed by atoms with Crippen LogP contribution in [0.3, 0.4) is 0 Å². The van der Waals surface area contributed by atoms with Crippen LogP contribution < -0.4 is 10.1 Å². The predicted molar refractivity (Wildman–Crippen MR) is 162 cm³/mol. The van der Waals surface area contributed by atoms with Gasteiger partial charge in [-0.05, 0) is 61.2 Å². The van der Waals surface area contributed by atoms with Crippen molar-refractivity contribution in [2.75, 3.05) is 18.5 Å². The van der Waals surface area contributed by atoms with Crippen molar-refractivity contribution < 1.29 is 33.0 Å². The van der Waals surface area contributed by atoms with Crippen molar-refractivity contribution in [3.8, 4) is 5.75 Å². The van der Waals surface area contributed by atoms with Crippen LogP contribution in [-0.2, 0) is 21.5 Å². The van der Waals surface area contributed by atoms with E-state index in [1.807, 2.05) is 49.4 Å². The number of hydrogen-bond donors (Lipinski definition) is 1. The first kappa shape index (κ1) is 30.6. The fourth-order valence-corrected chi connectivity index (χ4v) is 5.48.